The molecule has 1 aliphatic rings. The lowest BCUT2D eigenvalue weighted by molar-refractivity contribution is 0.374. The van der Waals surface area contributed by atoms with Gasteiger partial charge in [0.05, 0.1) is 6.04 Å². The van der Waals surface area contributed by atoms with Crippen molar-refractivity contribution in [3.8, 4) is 0 Å². The summed E-state index contributed by atoms with van der Waals surface area (Å²) < 4.78 is 0. The third kappa shape index (κ3) is 6.32. The first-order valence-electron chi connectivity index (χ1n) is 7.95. The average Bonchev–Trinajstić information content (AvgIpc) is 2.91. The van der Waals surface area contributed by atoms with Gasteiger partial charge in [-0.25, -0.2) is 0 Å². The number of rotatable bonds is 11. The predicted molar refractivity (Wildman–Crippen MR) is 78.8 cm³/mol. The second-order valence-electron chi connectivity index (χ2n) is 5.52. The summed E-state index contributed by atoms with van der Waals surface area (Å²) in [6.45, 7) is 4.55. The van der Waals surface area contributed by atoms with E-state index < -0.39 is 0 Å². The van der Waals surface area contributed by atoms with Gasteiger partial charge in [0.25, 0.3) is 0 Å². The van der Waals surface area contributed by atoms with Crippen LogP contribution in [0.5, 0.6) is 0 Å². The van der Waals surface area contributed by atoms with Gasteiger partial charge in [0.1, 0.15) is 0 Å². The third-order valence-electron chi connectivity index (χ3n) is 3.89. The fraction of sp³-hybridized carbons (Fsp3) is 0.875. The van der Waals surface area contributed by atoms with Crippen LogP contribution in [0.2, 0.25) is 0 Å². The number of hydrogen-bond acceptors (Lipinski definition) is 2. The van der Waals surface area contributed by atoms with Crippen LogP contribution in [0, 0.1) is 5.92 Å². The van der Waals surface area contributed by atoms with Crippen molar-refractivity contribution in [2.24, 2.45) is 16.1 Å². The molecule has 0 aromatic carbocycles. The smallest absolute Gasteiger partial charge is 0.0939 e. The molecule has 2 heteroatoms. The molecule has 2 nitrogen and oxygen atoms in total. The zero-order valence-electron chi connectivity index (χ0n) is 12.3. The van der Waals surface area contributed by atoms with E-state index in [-0.39, 0.29) is 0 Å². The van der Waals surface area contributed by atoms with Crippen LogP contribution in [0.3, 0.4) is 0 Å². The maximum absolute atomic E-state index is 4.35. The second-order valence-corrected chi connectivity index (χ2v) is 5.52. The van der Waals surface area contributed by atoms with E-state index in [4.69, 9.17) is 0 Å². The summed E-state index contributed by atoms with van der Waals surface area (Å²) in [5.74, 6) is 0.737. The molecule has 0 saturated carbocycles. The SMILES string of the molecule is CCCCCCC(CCCCCC)C1C=CN=N1. The third-order valence-corrected chi connectivity index (χ3v) is 3.89. The molecule has 0 saturated heterocycles. The molecule has 0 radical (unpaired) electrons. The molecular formula is C16H30N2. The Hall–Kier alpha value is -0.660. The van der Waals surface area contributed by atoms with Gasteiger partial charge < -0.3 is 0 Å². The van der Waals surface area contributed by atoms with Crippen LogP contribution in [-0.4, -0.2) is 6.04 Å². The normalized spacial score (nSPS) is 18.1. The monoisotopic (exact) mass is 250 g/mol. The molecule has 18 heavy (non-hydrogen) atoms. The highest BCUT2D eigenvalue weighted by Crippen LogP contribution is 2.26. The van der Waals surface area contributed by atoms with Gasteiger partial charge in [-0.05, 0) is 24.8 Å². The molecule has 0 amide bonds. The molecule has 1 heterocycles. The minimum Gasteiger partial charge on any atom is -0.181 e. The van der Waals surface area contributed by atoms with Crippen LogP contribution in [0.25, 0.3) is 0 Å². The van der Waals surface area contributed by atoms with Gasteiger partial charge in [0.15, 0.2) is 0 Å². The standard InChI is InChI=1S/C16H30N2/c1-3-5-7-9-11-15(12-10-8-6-4-2)16-13-14-17-18-16/h13-16H,3-12H2,1-2H3. The molecule has 1 atom stereocenters. The van der Waals surface area contributed by atoms with Crippen LogP contribution in [0.15, 0.2) is 22.5 Å². The van der Waals surface area contributed by atoms with E-state index in [9.17, 15) is 0 Å². The summed E-state index contributed by atoms with van der Waals surface area (Å²) in [6, 6.07) is 0.383. The first kappa shape index (κ1) is 15.4. The highest BCUT2D eigenvalue weighted by molar-refractivity contribution is 4.99. The molecule has 104 valence electrons. The van der Waals surface area contributed by atoms with Gasteiger partial charge >= 0.3 is 0 Å². The number of nitrogens with zero attached hydrogens (tertiary/aromatic N) is 2. The van der Waals surface area contributed by atoms with Crippen LogP contribution < -0.4 is 0 Å². The molecule has 1 aliphatic heterocycles. The van der Waals surface area contributed by atoms with E-state index in [0.29, 0.717) is 6.04 Å². The van der Waals surface area contributed by atoms with Crippen molar-refractivity contribution in [3.63, 3.8) is 0 Å². The van der Waals surface area contributed by atoms with Gasteiger partial charge in [0.2, 0.25) is 0 Å². The number of hydrogen-bond donors (Lipinski definition) is 0. The molecule has 0 N–H and O–H groups in total. The van der Waals surface area contributed by atoms with Gasteiger partial charge in [-0.2, -0.15) is 10.2 Å². The van der Waals surface area contributed by atoms with Crippen molar-refractivity contribution in [1.82, 2.24) is 0 Å². The Labute approximate surface area is 113 Å². The van der Waals surface area contributed by atoms with E-state index in [1.54, 1.807) is 0 Å². The van der Waals surface area contributed by atoms with Crippen molar-refractivity contribution in [2.75, 3.05) is 0 Å². The van der Waals surface area contributed by atoms with E-state index in [1.165, 1.54) is 64.2 Å². The fourth-order valence-electron chi connectivity index (χ4n) is 2.68. The fourth-order valence-corrected chi connectivity index (χ4v) is 2.68. The largest absolute Gasteiger partial charge is 0.181 e. The molecule has 0 fully saturated rings. The Morgan fingerprint density at radius 2 is 1.50 bits per heavy atom. The van der Waals surface area contributed by atoms with Crippen LogP contribution in [0.1, 0.15) is 78.1 Å². The lowest BCUT2D eigenvalue weighted by atomic mass is 9.88. The van der Waals surface area contributed by atoms with E-state index in [1.807, 2.05) is 6.20 Å². The van der Waals surface area contributed by atoms with Gasteiger partial charge in [-0.3, -0.25) is 0 Å². The second kappa shape index (κ2) is 10.3. The first-order chi connectivity index (χ1) is 8.88. The van der Waals surface area contributed by atoms with E-state index in [2.05, 4.69) is 30.2 Å². The minimum atomic E-state index is 0.383. The van der Waals surface area contributed by atoms with Crippen LogP contribution >= 0.6 is 0 Å². The molecule has 0 bridgehead atoms. The van der Waals surface area contributed by atoms with Crippen molar-refractivity contribution in [2.45, 2.75) is 84.1 Å². The first-order valence-corrected chi connectivity index (χ1v) is 7.95. The summed E-state index contributed by atoms with van der Waals surface area (Å²) in [7, 11) is 0. The summed E-state index contributed by atoms with van der Waals surface area (Å²) >= 11 is 0. The lowest BCUT2D eigenvalue weighted by Gasteiger charge is -2.19. The summed E-state index contributed by atoms with van der Waals surface area (Å²) in [6.07, 6.45) is 17.6. The summed E-state index contributed by atoms with van der Waals surface area (Å²) in [5.41, 5.74) is 0. The summed E-state index contributed by atoms with van der Waals surface area (Å²) in [5, 5.41) is 8.37. The van der Waals surface area contributed by atoms with Crippen LogP contribution in [0.4, 0.5) is 0 Å². The number of azo groups is 1. The Morgan fingerprint density at radius 1 is 0.889 bits per heavy atom. The molecule has 1 rings (SSSR count). The average molecular weight is 250 g/mol. The Morgan fingerprint density at radius 3 is 1.94 bits per heavy atom. The highest BCUT2D eigenvalue weighted by Gasteiger charge is 2.19. The summed E-state index contributed by atoms with van der Waals surface area (Å²) in [4.78, 5) is 0. The van der Waals surface area contributed by atoms with Crippen molar-refractivity contribution < 1.29 is 0 Å². The van der Waals surface area contributed by atoms with Gasteiger partial charge in [-0.1, -0.05) is 65.2 Å². The van der Waals surface area contributed by atoms with E-state index in [0.717, 1.165) is 5.92 Å². The zero-order chi connectivity index (χ0) is 13.1. The minimum absolute atomic E-state index is 0.383. The van der Waals surface area contributed by atoms with E-state index >= 15 is 0 Å². The maximum Gasteiger partial charge on any atom is 0.0939 e. The highest BCUT2D eigenvalue weighted by atomic mass is 15.1. The van der Waals surface area contributed by atoms with Gasteiger partial charge in [-0.15, -0.1) is 0 Å². The zero-order valence-corrected chi connectivity index (χ0v) is 12.3. The maximum atomic E-state index is 4.35. The molecule has 0 aromatic heterocycles. The number of unbranched alkanes of at least 4 members (excludes halogenated alkanes) is 6. The lowest BCUT2D eigenvalue weighted by Crippen LogP contribution is -2.15. The van der Waals surface area contributed by atoms with Crippen molar-refractivity contribution >= 4 is 0 Å². The molecule has 0 aromatic rings. The van der Waals surface area contributed by atoms with Crippen molar-refractivity contribution in [1.29, 1.82) is 0 Å². The quantitative estimate of drug-likeness (QED) is 0.408. The molecule has 0 spiro atoms. The molecular weight excluding hydrogens is 220 g/mol. The molecule has 0 aliphatic carbocycles. The van der Waals surface area contributed by atoms with Crippen molar-refractivity contribution in [3.05, 3.63) is 12.3 Å². The Bertz CT molecular complexity index is 221. The van der Waals surface area contributed by atoms with Gasteiger partial charge in [0, 0.05) is 6.20 Å². The Kier molecular flexibility index (Phi) is 8.79. The topological polar surface area (TPSA) is 24.7 Å². The Balaban J connectivity index is 2.23. The molecule has 1 unspecified atom stereocenters. The predicted octanol–water partition coefficient (Wildman–Crippen LogP) is 5.89. The van der Waals surface area contributed by atoms with Crippen LogP contribution in [-0.2, 0) is 0 Å².